The molecule has 0 aromatic rings. The maximum absolute atomic E-state index is 12.4. The predicted octanol–water partition coefficient (Wildman–Crippen LogP) is 5.53. The molecule has 4 heteroatoms. The van der Waals surface area contributed by atoms with Crippen LogP contribution in [-0.4, -0.2) is 25.2 Å². The highest BCUT2D eigenvalue weighted by Gasteiger charge is 2.37. The summed E-state index contributed by atoms with van der Waals surface area (Å²) in [5.74, 6) is 0.331. The summed E-state index contributed by atoms with van der Waals surface area (Å²) in [5.41, 5.74) is 0. The lowest BCUT2D eigenvalue weighted by Gasteiger charge is -2.28. The molecule has 0 N–H and O–H groups in total. The molecule has 2 unspecified atom stereocenters. The Morgan fingerprint density at radius 3 is 1.69 bits per heavy atom. The average molecular weight is 369 g/mol. The van der Waals surface area contributed by atoms with E-state index in [1.165, 1.54) is 12.8 Å². The first kappa shape index (κ1) is 23.0. The van der Waals surface area contributed by atoms with Crippen molar-refractivity contribution in [2.45, 2.75) is 91.9 Å². The van der Waals surface area contributed by atoms with Gasteiger partial charge in [0.1, 0.15) is 0 Å². The van der Waals surface area contributed by atoms with Crippen molar-refractivity contribution in [3.8, 4) is 0 Å². The fraction of sp³-hybridized carbons (Fsp3) is 0.909. The van der Waals surface area contributed by atoms with Gasteiger partial charge in [0.25, 0.3) is 0 Å². The Morgan fingerprint density at radius 2 is 1.19 bits per heavy atom. The Bertz CT molecular complexity index is 403. The van der Waals surface area contributed by atoms with Crippen LogP contribution in [0.15, 0.2) is 0 Å². The molecule has 0 saturated heterocycles. The van der Waals surface area contributed by atoms with Gasteiger partial charge in [0.05, 0.1) is 25.0 Å². The minimum Gasteiger partial charge on any atom is -0.465 e. The van der Waals surface area contributed by atoms with Crippen LogP contribution in [0.25, 0.3) is 0 Å². The van der Waals surface area contributed by atoms with E-state index in [9.17, 15) is 9.59 Å². The number of carbonyl (C=O) groups is 2. The zero-order valence-corrected chi connectivity index (χ0v) is 17.4. The molecule has 152 valence electrons. The Hall–Kier alpha value is -1.06. The molecule has 0 aromatic heterocycles. The quantitative estimate of drug-likeness (QED) is 0.335. The lowest BCUT2D eigenvalue weighted by molar-refractivity contribution is -0.163. The fourth-order valence-electron chi connectivity index (χ4n) is 3.58. The zero-order valence-electron chi connectivity index (χ0n) is 17.4. The van der Waals surface area contributed by atoms with Crippen molar-refractivity contribution in [3.05, 3.63) is 0 Å². The lowest BCUT2D eigenvalue weighted by atomic mass is 9.79. The van der Waals surface area contributed by atoms with E-state index in [0.29, 0.717) is 19.1 Å². The van der Waals surface area contributed by atoms with Crippen molar-refractivity contribution >= 4 is 11.9 Å². The first-order valence-electron chi connectivity index (χ1n) is 10.7. The number of hydrogen-bond acceptors (Lipinski definition) is 4. The summed E-state index contributed by atoms with van der Waals surface area (Å²) in [6, 6.07) is 0. The Balaban J connectivity index is 2.32. The van der Waals surface area contributed by atoms with Gasteiger partial charge in [-0.25, -0.2) is 0 Å². The summed E-state index contributed by atoms with van der Waals surface area (Å²) in [6.07, 6.45) is 9.84. The van der Waals surface area contributed by atoms with Crippen LogP contribution in [0, 0.1) is 23.7 Å². The second-order valence-corrected chi connectivity index (χ2v) is 8.61. The zero-order chi connectivity index (χ0) is 19.4. The maximum Gasteiger partial charge on any atom is 0.309 e. The van der Waals surface area contributed by atoms with Crippen molar-refractivity contribution in [1.82, 2.24) is 0 Å². The number of ether oxygens (including phenoxy) is 2. The van der Waals surface area contributed by atoms with Crippen LogP contribution >= 0.6 is 0 Å². The summed E-state index contributed by atoms with van der Waals surface area (Å²) in [7, 11) is 0. The Labute approximate surface area is 160 Å². The standard InChI is InChI=1S/C22H40O4/c1-17(2)11-6-5-9-15-25-21(23)19-13-7-8-14-20(19)22(24)26-16-10-12-18(3)4/h17-20H,5-16H2,1-4H3. The van der Waals surface area contributed by atoms with Crippen LogP contribution in [0.4, 0.5) is 0 Å². The summed E-state index contributed by atoms with van der Waals surface area (Å²) in [5, 5.41) is 0. The highest BCUT2D eigenvalue weighted by molar-refractivity contribution is 5.82. The normalized spacial score (nSPS) is 20.4. The third kappa shape index (κ3) is 9.59. The van der Waals surface area contributed by atoms with Crippen molar-refractivity contribution in [3.63, 3.8) is 0 Å². The van der Waals surface area contributed by atoms with Crippen molar-refractivity contribution in [1.29, 1.82) is 0 Å². The van der Waals surface area contributed by atoms with Crippen molar-refractivity contribution in [2.24, 2.45) is 23.7 Å². The van der Waals surface area contributed by atoms with Crippen LogP contribution in [0.1, 0.15) is 91.9 Å². The van der Waals surface area contributed by atoms with E-state index in [4.69, 9.17) is 9.47 Å². The van der Waals surface area contributed by atoms with Gasteiger partial charge in [-0.15, -0.1) is 0 Å². The second kappa shape index (κ2) is 13.2. The van der Waals surface area contributed by atoms with Crippen LogP contribution in [-0.2, 0) is 19.1 Å². The largest absolute Gasteiger partial charge is 0.465 e. The number of carbonyl (C=O) groups excluding carboxylic acids is 2. The molecule has 1 fully saturated rings. The monoisotopic (exact) mass is 368 g/mol. The molecule has 1 aliphatic rings. The molecular formula is C22H40O4. The molecule has 0 radical (unpaired) electrons. The maximum atomic E-state index is 12.4. The van der Waals surface area contributed by atoms with Gasteiger partial charge in [-0.1, -0.05) is 59.8 Å². The molecule has 1 aliphatic carbocycles. The highest BCUT2D eigenvalue weighted by atomic mass is 16.5. The topological polar surface area (TPSA) is 52.6 Å². The van der Waals surface area contributed by atoms with Gasteiger partial charge < -0.3 is 9.47 Å². The van der Waals surface area contributed by atoms with Gasteiger partial charge in [0.2, 0.25) is 0 Å². The van der Waals surface area contributed by atoms with Gasteiger partial charge >= 0.3 is 11.9 Å². The van der Waals surface area contributed by atoms with E-state index in [-0.39, 0.29) is 23.8 Å². The first-order chi connectivity index (χ1) is 12.4. The van der Waals surface area contributed by atoms with E-state index in [2.05, 4.69) is 27.7 Å². The third-order valence-electron chi connectivity index (χ3n) is 5.21. The van der Waals surface area contributed by atoms with E-state index < -0.39 is 0 Å². The Kier molecular flexibility index (Phi) is 11.6. The molecule has 0 spiro atoms. The van der Waals surface area contributed by atoms with Gasteiger partial charge in [0, 0.05) is 0 Å². The van der Waals surface area contributed by atoms with E-state index in [0.717, 1.165) is 57.3 Å². The summed E-state index contributed by atoms with van der Waals surface area (Å²) in [6.45, 7) is 9.72. The average Bonchev–Trinajstić information content (AvgIpc) is 2.60. The molecule has 1 rings (SSSR count). The molecule has 0 amide bonds. The van der Waals surface area contributed by atoms with Gasteiger partial charge in [-0.3, -0.25) is 9.59 Å². The lowest BCUT2D eigenvalue weighted by Crippen LogP contribution is -2.35. The van der Waals surface area contributed by atoms with Crippen molar-refractivity contribution < 1.29 is 19.1 Å². The smallest absolute Gasteiger partial charge is 0.309 e. The van der Waals surface area contributed by atoms with Crippen molar-refractivity contribution in [2.75, 3.05) is 13.2 Å². The highest BCUT2D eigenvalue weighted by Crippen LogP contribution is 2.32. The summed E-state index contributed by atoms with van der Waals surface area (Å²) < 4.78 is 10.9. The van der Waals surface area contributed by atoms with Gasteiger partial charge in [0.15, 0.2) is 0 Å². The van der Waals surface area contributed by atoms with Gasteiger partial charge in [-0.2, -0.15) is 0 Å². The minimum atomic E-state index is -0.309. The van der Waals surface area contributed by atoms with Gasteiger partial charge in [-0.05, 0) is 43.9 Å². The van der Waals surface area contributed by atoms with Crippen LogP contribution in [0.5, 0.6) is 0 Å². The molecule has 0 heterocycles. The number of unbranched alkanes of at least 4 members (excludes halogenated alkanes) is 2. The van der Waals surface area contributed by atoms with Crippen LogP contribution in [0.3, 0.4) is 0 Å². The second-order valence-electron chi connectivity index (χ2n) is 8.61. The fourth-order valence-corrected chi connectivity index (χ4v) is 3.58. The summed E-state index contributed by atoms with van der Waals surface area (Å²) >= 11 is 0. The molecule has 4 nitrogen and oxygen atoms in total. The molecule has 26 heavy (non-hydrogen) atoms. The number of esters is 2. The molecule has 0 aliphatic heterocycles. The molecule has 0 aromatic carbocycles. The van der Waals surface area contributed by atoms with E-state index in [1.807, 2.05) is 0 Å². The SMILES string of the molecule is CC(C)CCCCCOC(=O)C1CCCCC1C(=O)OCCCC(C)C. The summed E-state index contributed by atoms with van der Waals surface area (Å²) in [4.78, 5) is 24.8. The third-order valence-corrected chi connectivity index (χ3v) is 5.21. The van der Waals surface area contributed by atoms with Crippen LogP contribution < -0.4 is 0 Å². The minimum absolute atomic E-state index is 0.197. The predicted molar refractivity (Wildman–Crippen MR) is 105 cm³/mol. The molecular weight excluding hydrogens is 328 g/mol. The number of rotatable bonds is 12. The van der Waals surface area contributed by atoms with E-state index >= 15 is 0 Å². The molecule has 2 atom stereocenters. The first-order valence-corrected chi connectivity index (χ1v) is 10.7. The Morgan fingerprint density at radius 1 is 0.731 bits per heavy atom. The molecule has 1 saturated carbocycles. The number of hydrogen-bond donors (Lipinski definition) is 0. The molecule has 0 bridgehead atoms. The van der Waals surface area contributed by atoms with E-state index in [1.54, 1.807) is 0 Å². The van der Waals surface area contributed by atoms with Crippen LogP contribution in [0.2, 0.25) is 0 Å².